The van der Waals surface area contributed by atoms with Crippen LogP contribution in [0.25, 0.3) is 0 Å². The van der Waals surface area contributed by atoms with Crippen molar-refractivity contribution in [1.82, 2.24) is 9.88 Å². The van der Waals surface area contributed by atoms with Gasteiger partial charge in [0.1, 0.15) is 5.01 Å². The van der Waals surface area contributed by atoms with E-state index in [-0.39, 0.29) is 0 Å². The summed E-state index contributed by atoms with van der Waals surface area (Å²) in [7, 11) is 0. The summed E-state index contributed by atoms with van der Waals surface area (Å²) < 4.78 is 0. The first-order valence-corrected chi connectivity index (χ1v) is 7.00. The lowest BCUT2D eigenvalue weighted by Crippen LogP contribution is -2.29. The van der Waals surface area contributed by atoms with E-state index in [1.54, 1.807) is 11.3 Å². The van der Waals surface area contributed by atoms with E-state index in [1.807, 2.05) is 0 Å². The molecule has 14 heavy (non-hydrogen) atoms. The monoisotopic (exact) mass is 274 g/mol. The van der Waals surface area contributed by atoms with E-state index in [4.69, 9.17) is 0 Å². The molecule has 0 saturated carbocycles. The van der Waals surface area contributed by atoms with E-state index >= 15 is 0 Å². The SMILES string of the molecule is Cc1csc(CN2CCCC2CBr)n1. The van der Waals surface area contributed by atoms with Crippen molar-refractivity contribution in [1.29, 1.82) is 0 Å². The predicted molar refractivity (Wildman–Crippen MR) is 64.1 cm³/mol. The summed E-state index contributed by atoms with van der Waals surface area (Å²) in [4.78, 5) is 7.04. The Hall–Kier alpha value is 0.0700. The zero-order valence-electron chi connectivity index (χ0n) is 8.37. The number of aryl methyl sites for hydroxylation is 1. The van der Waals surface area contributed by atoms with Crippen molar-refractivity contribution in [2.75, 3.05) is 11.9 Å². The molecule has 1 saturated heterocycles. The highest BCUT2D eigenvalue weighted by atomic mass is 79.9. The Labute approximate surface area is 97.5 Å². The number of alkyl halides is 1. The van der Waals surface area contributed by atoms with Crippen LogP contribution in [0.15, 0.2) is 5.38 Å². The van der Waals surface area contributed by atoms with Gasteiger partial charge in [-0.15, -0.1) is 11.3 Å². The van der Waals surface area contributed by atoms with Gasteiger partial charge in [-0.05, 0) is 26.3 Å². The van der Waals surface area contributed by atoms with E-state index in [9.17, 15) is 0 Å². The van der Waals surface area contributed by atoms with Crippen molar-refractivity contribution in [3.05, 3.63) is 16.1 Å². The lowest BCUT2D eigenvalue weighted by molar-refractivity contribution is 0.264. The van der Waals surface area contributed by atoms with Gasteiger partial charge in [-0.25, -0.2) is 4.98 Å². The van der Waals surface area contributed by atoms with Crippen LogP contribution in [-0.2, 0) is 6.54 Å². The standard InChI is InChI=1S/C10H15BrN2S/c1-8-7-14-10(12-8)6-13-4-2-3-9(13)5-11/h7,9H,2-6H2,1H3. The number of likely N-dealkylation sites (tertiary alicyclic amines) is 1. The van der Waals surface area contributed by atoms with E-state index in [0.29, 0.717) is 0 Å². The van der Waals surface area contributed by atoms with Gasteiger partial charge < -0.3 is 0 Å². The molecule has 1 unspecified atom stereocenters. The van der Waals surface area contributed by atoms with Gasteiger partial charge in [0.05, 0.1) is 6.54 Å². The largest absolute Gasteiger partial charge is 0.293 e. The van der Waals surface area contributed by atoms with Gasteiger partial charge in [0.15, 0.2) is 0 Å². The first kappa shape index (κ1) is 10.6. The zero-order chi connectivity index (χ0) is 9.97. The van der Waals surface area contributed by atoms with Gasteiger partial charge >= 0.3 is 0 Å². The third kappa shape index (κ3) is 2.35. The van der Waals surface area contributed by atoms with E-state index in [0.717, 1.165) is 23.6 Å². The van der Waals surface area contributed by atoms with Crippen LogP contribution in [0, 0.1) is 6.92 Å². The smallest absolute Gasteiger partial charge is 0.107 e. The number of hydrogen-bond donors (Lipinski definition) is 0. The molecule has 1 fully saturated rings. The number of halogens is 1. The second-order valence-electron chi connectivity index (χ2n) is 3.80. The van der Waals surface area contributed by atoms with E-state index in [1.165, 1.54) is 24.4 Å². The summed E-state index contributed by atoms with van der Waals surface area (Å²) in [6.07, 6.45) is 2.66. The molecule has 0 bridgehead atoms. The highest BCUT2D eigenvalue weighted by Gasteiger charge is 2.23. The average Bonchev–Trinajstić information content (AvgIpc) is 2.76. The molecule has 78 valence electrons. The van der Waals surface area contributed by atoms with Gasteiger partial charge in [-0.3, -0.25) is 4.90 Å². The Morgan fingerprint density at radius 2 is 2.57 bits per heavy atom. The summed E-state index contributed by atoms with van der Waals surface area (Å²) in [5, 5.41) is 4.49. The second-order valence-corrected chi connectivity index (χ2v) is 5.39. The molecule has 1 aliphatic rings. The fraction of sp³-hybridized carbons (Fsp3) is 0.700. The van der Waals surface area contributed by atoms with Gasteiger partial charge in [-0.1, -0.05) is 15.9 Å². The number of aromatic nitrogens is 1. The van der Waals surface area contributed by atoms with Gasteiger partial charge in [0.25, 0.3) is 0 Å². The molecule has 2 heterocycles. The lowest BCUT2D eigenvalue weighted by Gasteiger charge is -2.21. The predicted octanol–water partition coefficient (Wildman–Crippen LogP) is 2.81. The Morgan fingerprint density at radius 3 is 3.21 bits per heavy atom. The Morgan fingerprint density at radius 1 is 1.71 bits per heavy atom. The molecule has 0 aromatic carbocycles. The van der Waals surface area contributed by atoms with Crippen LogP contribution >= 0.6 is 27.3 Å². The van der Waals surface area contributed by atoms with Crippen molar-refractivity contribution in [2.24, 2.45) is 0 Å². The van der Waals surface area contributed by atoms with Crippen molar-refractivity contribution in [2.45, 2.75) is 32.4 Å². The number of thiazole rings is 1. The van der Waals surface area contributed by atoms with Crippen LogP contribution in [0.3, 0.4) is 0 Å². The third-order valence-electron chi connectivity index (χ3n) is 2.68. The molecule has 1 aromatic heterocycles. The number of nitrogens with zero attached hydrogens (tertiary/aromatic N) is 2. The minimum atomic E-state index is 0.721. The molecule has 0 amide bonds. The van der Waals surface area contributed by atoms with Crippen molar-refractivity contribution in [3.63, 3.8) is 0 Å². The van der Waals surface area contributed by atoms with Crippen molar-refractivity contribution < 1.29 is 0 Å². The number of rotatable bonds is 3. The summed E-state index contributed by atoms with van der Waals surface area (Å²) in [6.45, 7) is 4.33. The number of hydrogen-bond acceptors (Lipinski definition) is 3. The quantitative estimate of drug-likeness (QED) is 0.789. The van der Waals surface area contributed by atoms with Crippen LogP contribution in [-0.4, -0.2) is 27.8 Å². The van der Waals surface area contributed by atoms with Crippen LogP contribution < -0.4 is 0 Å². The maximum absolute atomic E-state index is 4.50. The Kier molecular flexibility index (Phi) is 3.57. The summed E-state index contributed by atoms with van der Waals surface area (Å²) in [5.74, 6) is 0. The van der Waals surface area contributed by atoms with Gasteiger partial charge in [0, 0.05) is 22.4 Å². The second kappa shape index (κ2) is 4.73. The minimum absolute atomic E-state index is 0.721. The average molecular weight is 275 g/mol. The third-order valence-corrected chi connectivity index (χ3v) is 4.38. The van der Waals surface area contributed by atoms with E-state index < -0.39 is 0 Å². The van der Waals surface area contributed by atoms with Crippen molar-refractivity contribution >= 4 is 27.3 Å². The lowest BCUT2D eigenvalue weighted by atomic mass is 10.2. The van der Waals surface area contributed by atoms with Crippen LogP contribution in [0.4, 0.5) is 0 Å². The normalized spacial score (nSPS) is 23.1. The molecular weight excluding hydrogens is 260 g/mol. The first-order valence-electron chi connectivity index (χ1n) is 5.00. The van der Waals surface area contributed by atoms with Crippen molar-refractivity contribution in [3.8, 4) is 0 Å². The highest BCUT2D eigenvalue weighted by Crippen LogP contribution is 2.22. The molecule has 2 nitrogen and oxygen atoms in total. The van der Waals surface area contributed by atoms with Crippen LogP contribution in [0.5, 0.6) is 0 Å². The molecular formula is C10H15BrN2S. The van der Waals surface area contributed by atoms with Gasteiger partial charge in [0.2, 0.25) is 0 Å². The maximum atomic E-state index is 4.50. The molecule has 1 atom stereocenters. The van der Waals surface area contributed by atoms with Crippen LogP contribution in [0.2, 0.25) is 0 Å². The molecule has 0 radical (unpaired) electrons. The molecule has 0 aliphatic carbocycles. The fourth-order valence-electron chi connectivity index (χ4n) is 1.93. The molecule has 1 aliphatic heterocycles. The fourth-order valence-corrected chi connectivity index (χ4v) is 3.46. The van der Waals surface area contributed by atoms with Crippen LogP contribution in [0.1, 0.15) is 23.5 Å². The molecule has 0 N–H and O–H groups in total. The molecule has 1 aromatic rings. The van der Waals surface area contributed by atoms with Gasteiger partial charge in [-0.2, -0.15) is 0 Å². The highest BCUT2D eigenvalue weighted by molar-refractivity contribution is 9.09. The molecule has 4 heteroatoms. The molecule has 2 rings (SSSR count). The summed E-state index contributed by atoms with van der Waals surface area (Å²) >= 11 is 5.36. The Bertz CT molecular complexity index is 300. The summed E-state index contributed by atoms with van der Waals surface area (Å²) in [5.41, 5.74) is 1.15. The van der Waals surface area contributed by atoms with E-state index in [2.05, 4.69) is 38.1 Å². The first-order chi connectivity index (χ1) is 6.79. The minimum Gasteiger partial charge on any atom is -0.293 e. The topological polar surface area (TPSA) is 16.1 Å². The zero-order valence-corrected chi connectivity index (χ0v) is 10.8. The summed E-state index contributed by atoms with van der Waals surface area (Å²) in [6, 6.07) is 0.721. The Balaban J connectivity index is 1.96. The maximum Gasteiger partial charge on any atom is 0.107 e. The molecule has 0 spiro atoms.